The Morgan fingerprint density at radius 3 is 2.31 bits per heavy atom. The van der Waals surface area contributed by atoms with Crippen LogP contribution in [0.15, 0.2) is 87.0 Å². The van der Waals surface area contributed by atoms with Gasteiger partial charge in [-0.2, -0.15) is 4.39 Å². The van der Waals surface area contributed by atoms with E-state index in [1.165, 1.54) is 61.5 Å². The highest BCUT2D eigenvalue weighted by Crippen LogP contribution is 2.28. The number of aromatic nitrogens is 3. The van der Waals surface area contributed by atoms with Crippen LogP contribution in [0.25, 0.3) is 0 Å². The summed E-state index contributed by atoms with van der Waals surface area (Å²) in [4.78, 5) is 90.1. The van der Waals surface area contributed by atoms with Gasteiger partial charge in [-0.25, -0.2) is 4.79 Å². The molecule has 0 fully saturated rings. The Morgan fingerprint density at radius 2 is 1.66 bits per heavy atom. The fraction of sp³-hybridized carbons (Fsp3) is 0.256. The van der Waals surface area contributed by atoms with Gasteiger partial charge < -0.3 is 35.5 Å². The Labute approximate surface area is 328 Å². The van der Waals surface area contributed by atoms with Crippen LogP contribution in [-0.4, -0.2) is 55.3 Å². The van der Waals surface area contributed by atoms with Gasteiger partial charge in [-0.3, -0.25) is 38.7 Å². The normalized spacial score (nSPS) is 12.0. The summed E-state index contributed by atoms with van der Waals surface area (Å²) in [6, 6.07) is 13.4. The minimum atomic E-state index is -1.11. The minimum Gasteiger partial charge on any atom is -0.488 e. The van der Waals surface area contributed by atoms with Crippen molar-refractivity contribution in [3.05, 3.63) is 143 Å². The van der Waals surface area contributed by atoms with E-state index in [4.69, 9.17) is 9.26 Å². The topological polar surface area (TPSA) is 250 Å². The number of aromatic amines is 1. The zero-order chi connectivity index (χ0) is 42.3. The number of aryl methyl sites for hydroxylation is 2. The van der Waals surface area contributed by atoms with E-state index in [1.54, 1.807) is 27.7 Å². The molecule has 4 amide bonds. The molecule has 5 rings (SSSR count). The highest BCUT2D eigenvalue weighted by molar-refractivity contribution is 6.07. The van der Waals surface area contributed by atoms with Crippen LogP contribution in [0.1, 0.15) is 64.1 Å². The summed E-state index contributed by atoms with van der Waals surface area (Å²) in [5.74, 6) is -3.65. The number of H-pyrrole nitrogens is 1. The molecule has 0 aliphatic carbocycles. The molecule has 302 valence electrons. The number of rotatable bonds is 15. The number of carbonyl (C=O) groups excluding carboxylic acids is 4. The van der Waals surface area contributed by atoms with Gasteiger partial charge in [0.25, 0.3) is 23.1 Å². The number of ether oxygens (including phenoxy) is 1. The van der Waals surface area contributed by atoms with Gasteiger partial charge in [0.2, 0.25) is 17.6 Å². The van der Waals surface area contributed by atoms with Gasteiger partial charge in [0.1, 0.15) is 30.2 Å². The first-order chi connectivity index (χ1) is 27.5. The van der Waals surface area contributed by atoms with Crippen molar-refractivity contribution in [2.75, 3.05) is 10.6 Å². The zero-order valence-corrected chi connectivity index (χ0v) is 31.9. The second-order valence-electron chi connectivity index (χ2n) is 13.5. The molecule has 3 aromatic carbocycles. The first kappa shape index (κ1) is 41.7. The lowest BCUT2D eigenvalue weighted by Crippen LogP contribution is -2.53. The second-order valence-corrected chi connectivity index (χ2v) is 13.5. The van der Waals surface area contributed by atoms with E-state index in [2.05, 4.69) is 31.4 Å². The summed E-state index contributed by atoms with van der Waals surface area (Å²) in [6.45, 7) is 7.96. The monoisotopic (exact) mass is 798 g/mol. The quantitative estimate of drug-likeness (QED) is 0.0749. The van der Waals surface area contributed by atoms with Gasteiger partial charge in [-0.15, -0.1) is 0 Å². The first-order valence-corrected chi connectivity index (χ1v) is 17.8. The van der Waals surface area contributed by atoms with Gasteiger partial charge >= 0.3 is 5.69 Å². The van der Waals surface area contributed by atoms with E-state index in [0.717, 1.165) is 12.1 Å². The van der Waals surface area contributed by atoms with Gasteiger partial charge in [0.15, 0.2) is 0 Å². The van der Waals surface area contributed by atoms with Crippen LogP contribution in [0.3, 0.4) is 0 Å². The number of nitrogens with one attached hydrogen (secondary N) is 5. The van der Waals surface area contributed by atoms with E-state index in [0.29, 0.717) is 39.0 Å². The molecular formula is C39H39FN8O10. The van der Waals surface area contributed by atoms with Crippen LogP contribution in [-0.2, 0) is 22.7 Å². The predicted octanol–water partition coefficient (Wildman–Crippen LogP) is 3.97. The predicted molar refractivity (Wildman–Crippen MR) is 207 cm³/mol. The highest BCUT2D eigenvalue weighted by atomic mass is 19.1. The zero-order valence-electron chi connectivity index (χ0n) is 31.9. The third kappa shape index (κ3) is 10.0. The average Bonchev–Trinajstić information content (AvgIpc) is 3.51. The maximum Gasteiger partial charge on any atom is 0.328 e. The lowest BCUT2D eigenvalue weighted by atomic mass is 10.0. The molecule has 0 saturated heterocycles. The Bertz CT molecular complexity index is 2470. The number of nitro benzene ring substituents is 1. The highest BCUT2D eigenvalue weighted by Gasteiger charge is 2.28. The molecule has 0 spiro atoms. The Kier molecular flexibility index (Phi) is 13.0. The van der Waals surface area contributed by atoms with Crippen molar-refractivity contribution in [1.29, 1.82) is 0 Å². The summed E-state index contributed by atoms with van der Waals surface area (Å²) in [5.41, 5.74) is 0.117. The van der Waals surface area contributed by atoms with Gasteiger partial charge in [-0.05, 0) is 68.7 Å². The number of non-ortho nitro benzene ring substituents is 1. The summed E-state index contributed by atoms with van der Waals surface area (Å²) in [5, 5.41) is 25.9. The maximum absolute atomic E-state index is 13.6. The standard InChI is InChI=1S/C39H39FN8O10/c1-20(2)33(37(52)42-22(4)34(49)43-26-11-9-24(10-12-26)18-47-38(53)31(40)17-41-39(47)54)45-35(50)25-7-6-8-27(15-25)44-36(51)29-14-13-28(48(55)56)16-32(29)57-19-30-21(3)46-58-23(30)5/h6-17,20,22,33H,18-19H2,1-5H3,(H,41,54)(H,42,52)(H,43,49)(H,44,51)(H,45,50)/t22-,33-/m0/s1. The molecule has 0 saturated carbocycles. The van der Waals surface area contributed by atoms with Crippen molar-refractivity contribution in [3.63, 3.8) is 0 Å². The van der Waals surface area contributed by atoms with Crippen molar-refractivity contribution in [2.45, 2.75) is 59.9 Å². The van der Waals surface area contributed by atoms with Crippen molar-refractivity contribution >= 4 is 40.7 Å². The van der Waals surface area contributed by atoms with Crippen LogP contribution in [0, 0.1) is 35.7 Å². The molecule has 0 aliphatic rings. The van der Waals surface area contributed by atoms with Gasteiger partial charge in [0, 0.05) is 29.2 Å². The fourth-order valence-corrected chi connectivity index (χ4v) is 5.61. The minimum absolute atomic E-state index is 0.0179. The molecule has 19 heteroatoms. The molecule has 5 N–H and O–H groups in total. The van der Waals surface area contributed by atoms with E-state index in [9.17, 15) is 43.3 Å². The van der Waals surface area contributed by atoms with Crippen molar-refractivity contribution in [2.24, 2.45) is 5.92 Å². The number of benzene rings is 3. The summed E-state index contributed by atoms with van der Waals surface area (Å²) >= 11 is 0. The van der Waals surface area contributed by atoms with E-state index in [1.807, 2.05) is 0 Å². The lowest BCUT2D eigenvalue weighted by Gasteiger charge is -2.24. The van der Waals surface area contributed by atoms with Gasteiger partial charge in [0.05, 0.1) is 34.4 Å². The number of nitrogens with zero attached hydrogens (tertiary/aromatic N) is 3. The van der Waals surface area contributed by atoms with Crippen molar-refractivity contribution in [1.82, 2.24) is 25.3 Å². The van der Waals surface area contributed by atoms with Crippen LogP contribution in [0.5, 0.6) is 5.75 Å². The molecule has 18 nitrogen and oxygen atoms in total. The molecular weight excluding hydrogens is 759 g/mol. The van der Waals surface area contributed by atoms with Crippen LogP contribution in [0.4, 0.5) is 21.5 Å². The number of carbonyl (C=O) groups is 4. The fourth-order valence-electron chi connectivity index (χ4n) is 5.61. The average molecular weight is 799 g/mol. The molecule has 5 aromatic rings. The van der Waals surface area contributed by atoms with Crippen LogP contribution < -0.4 is 37.3 Å². The summed E-state index contributed by atoms with van der Waals surface area (Å²) in [6.07, 6.45) is 0.685. The summed E-state index contributed by atoms with van der Waals surface area (Å²) in [7, 11) is 0. The largest absolute Gasteiger partial charge is 0.488 e. The number of anilines is 2. The Morgan fingerprint density at radius 1 is 0.931 bits per heavy atom. The molecule has 2 atom stereocenters. The molecule has 2 heterocycles. The van der Waals surface area contributed by atoms with E-state index < -0.39 is 63.6 Å². The molecule has 0 radical (unpaired) electrons. The number of halogens is 1. The second kappa shape index (κ2) is 18.0. The number of nitro groups is 1. The summed E-state index contributed by atoms with van der Waals surface area (Å²) < 4.78 is 25.3. The van der Waals surface area contributed by atoms with Gasteiger partial charge in [-0.1, -0.05) is 37.2 Å². The van der Waals surface area contributed by atoms with Crippen molar-refractivity contribution < 1.29 is 37.8 Å². The lowest BCUT2D eigenvalue weighted by molar-refractivity contribution is -0.384. The number of hydrogen-bond acceptors (Lipinski definition) is 11. The third-order valence-corrected chi connectivity index (χ3v) is 8.92. The van der Waals surface area contributed by atoms with Crippen molar-refractivity contribution in [3.8, 4) is 5.75 Å². The number of amides is 4. The molecule has 58 heavy (non-hydrogen) atoms. The van der Waals surface area contributed by atoms with E-state index in [-0.39, 0.29) is 41.4 Å². The molecule has 0 bridgehead atoms. The Balaban J connectivity index is 1.20. The smallest absolute Gasteiger partial charge is 0.328 e. The third-order valence-electron chi connectivity index (χ3n) is 8.92. The SMILES string of the molecule is Cc1noc(C)c1COc1cc([N+](=O)[O-])ccc1C(=O)Nc1cccc(C(=O)N[C@H](C(=O)N[C@@H](C)C(=O)Nc2ccc(Cn3c(=O)[nH]cc(F)c3=O)cc2)C(C)C)c1. The van der Waals surface area contributed by atoms with Crippen LogP contribution in [0.2, 0.25) is 0 Å². The molecule has 0 unspecified atom stereocenters. The van der Waals surface area contributed by atoms with E-state index >= 15 is 0 Å². The first-order valence-electron chi connectivity index (χ1n) is 17.8. The number of hydrogen-bond donors (Lipinski definition) is 5. The molecule has 0 aliphatic heterocycles. The molecule has 2 aromatic heterocycles. The van der Waals surface area contributed by atoms with Crippen LogP contribution >= 0.6 is 0 Å². The maximum atomic E-state index is 13.6. The Hall–Kier alpha value is -7.44.